The second-order valence-electron chi connectivity index (χ2n) is 6.92. The lowest BCUT2D eigenvalue weighted by Crippen LogP contribution is -2.72. The normalized spacial score (nSPS) is 15.4. The molecule has 1 rings (SSSR count). The van der Waals surface area contributed by atoms with E-state index >= 15 is 0 Å². The molecule has 0 saturated heterocycles. The van der Waals surface area contributed by atoms with Crippen molar-refractivity contribution in [1.82, 2.24) is 0 Å². The molecular weight excluding hydrogens is 575 g/mol. The molecular formula is C17H7F17O3. The number of rotatable bonds is 9. The molecule has 1 aromatic carbocycles. The summed E-state index contributed by atoms with van der Waals surface area (Å²) in [7, 11) is 0. The van der Waals surface area contributed by atoms with Crippen LogP contribution in [0.2, 0.25) is 0 Å². The van der Waals surface area contributed by atoms with Gasteiger partial charge >= 0.3 is 53.7 Å². The highest BCUT2D eigenvalue weighted by molar-refractivity contribution is 5.89. The van der Waals surface area contributed by atoms with Crippen LogP contribution in [-0.2, 0) is 0 Å². The quantitative estimate of drug-likeness (QED) is 0.242. The minimum atomic E-state index is -8.67. The zero-order valence-corrected chi connectivity index (χ0v) is 16.9. The standard InChI is InChI=1S/C17H7F17O3/c1-5-4-6(2-3-7(5)10(35)36)37-9(19)8(18)11(20,21)12(22,23)13(24,25)14(26,27)15(28,29)16(30,31)17(32,33)34/h2-4H,1H3,(H,35,36). The van der Waals surface area contributed by atoms with E-state index in [4.69, 9.17) is 5.11 Å². The van der Waals surface area contributed by atoms with Crippen LogP contribution in [0, 0.1) is 6.92 Å². The first-order valence-electron chi connectivity index (χ1n) is 8.54. The summed E-state index contributed by atoms with van der Waals surface area (Å²) in [5, 5.41) is 8.76. The number of carboxylic acid groups (broad SMARTS) is 1. The maximum Gasteiger partial charge on any atom is 0.460 e. The molecule has 1 aromatic rings. The van der Waals surface area contributed by atoms with Gasteiger partial charge < -0.3 is 9.84 Å². The van der Waals surface area contributed by atoms with E-state index in [1.165, 1.54) is 0 Å². The van der Waals surface area contributed by atoms with E-state index in [0.29, 0.717) is 18.2 Å². The molecule has 0 atom stereocenters. The van der Waals surface area contributed by atoms with Crippen molar-refractivity contribution in [1.29, 1.82) is 0 Å². The van der Waals surface area contributed by atoms with Crippen LogP contribution in [0.5, 0.6) is 5.75 Å². The van der Waals surface area contributed by atoms with Crippen molar-refractivity contribution in [3.05, 3.63) is 41.2 Å². The number of carboxylic acids is 1. The third-order valence-corrected chi connectivity index (χ3v) is 4.41. The number of allylic oxidation sites excluding steroid dienone is 1. The lowest BCUT2D eigenvalue weighted by atomic mass is 9.91. The van der Waals surface area contributed by atoms with Crippen molar-refractivity contribution in [3.63, 3.8) is 0 Å². The van der Waals surface area contributed by atoms with Gasteiger partial charge in [-0.2, -0.15) is 74.6 Å². The summed E-state index contributed by atoms with van der Waals surface area (Å²) in [6.07, 6.45) is -7.81. The molecule has 0 radical (unpaired) electrons. The molecule has 0 bridgehead atoms. The van der Waals surface area contributed by atoms with E-state index in [-0.39, 0.29) is 0 Å². The molecule has 37 heavy (non-hydrogen) atoms. The molecule has 0 aliphatic carbocycles. The predicted molar refractivity (Wildman–Crippen MR) is 83.7 cm³/mol. The van der Waals surface area contributed by atoms with Crippen LogP contribution in [0.3, 0.4) is 0 Å². The number of hydrogen-bond acceptors (Lipinski definition) is 2. The van der Waals surface area contributed by atoms with Gasteiger partial charge in [-0.1, -0.05) is 0 Å². The van der Waals surface area contributed by atoms with E-state index in [9.17, 15) is 79.4 Å². The smallest absolute Gasteiger partial charge is 0.460 e. The van der Waals surface area contributed by atoms with E-state index in [0.717, 1.165) is 6.92 Å². The minimum absolute atomic E-state index is 0.349. The molecule has 0 aliphatic rings. The second-order valence-corrected chi connectivity index (χ2v) is 6.92. The van der Waals surface area contributed by atoms with E-state index in [1.54, 1.807) is 0 Å². The minimum Gasteiger partial charge on any atom is -0.478 e. The zero-order valence-electron chi connectivity index (χ0n) is 16.9. The van der Waals surface area contributed by atoms with Crippen molar-refractivity contribution in [2.75, 3.05) is 0 Å². The number of ether oxygens (including phenoxy) is 1. The molecule has 20 heteroatoms. The van der Waals surface area contributed by atoms with Crippen LogP contribution in [0.15, 0.2) is 30.0 Å². The van der Waals surface area contributed by atoms with Gasteiger partial charge in [-0.15, -0.1) is 0 Å². The maximum absolute atomic E-state index is 13.7. The fraction of sp³-hybridized carbons (Fsp3) is 0.471. The predicted octanol–water partition coefficient (Wildman–Crippen LogP) is 7.55. The number of benzene rings is 1. The van der Waals surface area contributed by atoms with Crippen LogP contribution in [-0.4, -0.2) is 52.8 Å². The van der Waals surface area contributed by atoms with Crippen molar-refractivity contribution >= 4 is 5.97 Å². The van der Waals surface area contributed by atoms with Gasteiger partial charge in [0.15, 0.2) is 0 Å². The summed E-state index contributed by atoms with van der Waals surface area (Å²) in [6.45, 7) is 0.927. The molecule has 0 unspecified atom stereocenters. The summed E-state index contributed by atoms with van der Waals surface area (Å²) in [6, 6.07) is -2.33. The Bertz CT molecular complexity index is 1070. The van der Waals surface area contributed by atoms with Crippen molar-refractivity contribution < 1.29 is 89.3 Å². The third-order valence-electron chi connectivity index (χ3n) is 4.41. The van der Waals surface area contributed by atoms with Gasteiger partial charge in [-0.25, -0.2) is 4.79 Å². The molecule has 0 aliphatic heterocycles. The topological polar surface area (TPSA) is 46.5 Å². The number of carbonyl (C=O) groups is 1. The zero-order chi connectivity index (χ0) is 29.8. The van der Waals surface area contributed by atoms with Crippen LogP contribution in [0.1, 0.15) is 15.9 Å². The molecule has 1 N–H and O–H groups in total. The molecule has 0 amide bonds. The monoisotopic (exact) mass is 582 g/mol. The van der Waals surface area contributed by atoms with Gasteiger partial charge in [0.1, 0.15) is 5.75 Å². The Morgan fingerprint density at radius 3 is 1.49 bits per heavy atom. The number of aryl methyl sites for hydroxylation is 1. The van der Waals surface area contributed by atoms with E-state index < -0.39 is 76.4 Å². The Labute approximate surface area is 192 Å². The number of halogens is 17. The highest BCUT2D eigenvalue weighted by atomic mass is 19.4. The fourth-order valence-electron chi connectivity index (χ4n) is 2.32. The van der Waals surface area contributed by atoms with Gasteiger partial charge in [0.25, 0.3) is 0 Å². The molecule has 0 saturated carbocycles. The number of hydrogen-bond donors (Lipinski definition) is 1. The first kappa shape index (κ1) is 32.1. The molecule has 0 heterocycles. The fourth-order valence-corrected chi connectivity index (χ4v) is 2.32. The number of aromatic carboxylic acids is 1. The van der Waals surface area contributed by atoms with Crippen molar-refractivity contribution in [2.24, 2.45) is 0 Å². The first-order chi connectivity index (χ1) is 16.1. The average Bonchev–Trinajstić information content (AvgIpc) is 2.71. The largest absolute Gasteiger partial charge is 0.478 e. The Hall–Kier alpha value is -2.96. The molecule has 0 fully saturated rings. The average molecular weight is 582 g/mol. The van der Waals surface area contributed by atoms with Gasteiger partial charge in [0, 0.05) is 0 Å². The SMILES string of the molecule is Cc1cc(OC(F)=C(F)C(F)(F)C(F)(F)C(F)(F)C(F)(F)C(F)(F)C(F)(F)C(F)(F)F)ccc1C(=O)O. The van der Waals surface area contributed by atoms with Gasteiger partial charge in [0.2, 0.25) is 5.83 Å². The first-order valence-corrected chi connectivity index (χ1v) is 8.54. The molecule has 212 valence electrons. The molecule has 0 spiro atoms. The van der Waals surface area contributed by atoms with E-state index in [1.807, 2.05) is 0 Å². The van der Waals surface area contributed by atoms with Crippen LogP contribution in [0.25, 0.3) is 0 Å². The second kappa shape index (κ2) is 9.10. The maximum atomic E-state index is 13.7. The number of alkyl halides is 15. The van der Waals surface area contributed by atoms with E-state index in [2.05, 4.69) is 4.74 Å². The highest BCUT2D eigenvalue weighted by Crippen LogP contribution is 2.63. The third kappa shape index (κ3) is 4.73. The summed E-state index contributed by atoms with van der Waals surface area (Å²) < 4.78 is 227. The van der Waals surface area contributed by atoms with Crippen LogP contribution >= 0.6 is 0 Å². The lowest BCUT2D eigenvalue weighted by molar-refractivity contribution is -0.451. The Balaban J connectivity index is 3.58. The van der Waals surface area contributed by atoms with Crippen molar-refractivity contribution in [3.8, 4) is 5.75 Å². The Kier molecular flexibility index (Phi) is 7.89. The summed E-state index contributed by atoms with van der Waals surface area (Å²) in [4.78, 5) is 10.8. The van der Waals surface area contributed by atoms with Crippen molar-refractivity contribution in [2.45, 2.75) is 48.6 Å². The molecule has 0 aromatic heterocycles. The van der Waals surface area contributed by atoms with Gasteiger partial charge in [0.05, 0.1) is 5.56 Å². The summed E-state index contributed by atoms with van der Waals surface area (Å²) >= 11 is 0. The highest BCUT2D eigenvalue weighted by Gasteiger charge is 2.93. The van der Waals surface area contributed by atoms with Crippen LogP contribution in [0.4, 0.5) is 74.6 Å². The van der Waals surface area contributed by atoms with Gasteiger partial charge in [-0.3, -0.25) is 0 Å². The Morgan fingerprint density at radius 2 is 1.11 bits per heavy atom. The Morgan fingerprint density at radius 1 is 0.703 bits per heavy atom. The summed E-state index contributed by atoms with van der Waals surface area (Å²) in [5.41, 5.74) is -0.971. The lowest BCUT2D eigenvalue weighted by Gasteiger charge is -2.41. The van der Waals surface area contributed by atoms with Crippen LogP contribution < -0.4 is 4.74 Å². The molecule has 3 nitrogen and oxygen atoms in total. The summed E-state index contributed by atoms with van der Waals surface area (Å²) in [5.74, 6) is -57.4. The van der Waals surface area contributed by atoms with Gasteiger partial charge in [-0.05, 0) is 30.7 Å².